The number of nitrogens with two attached hydrogens (primary N) is 1. The average molecular weight is 251 g/mol. The molecule has 0 aromatic carbocycles. The largest absolute Gasteiger partial charge is 0.389 e. The van der Waals surface area contributed by atoms with Gasteiger partial charge in [0.15, 0.2) is 0 Å². The molecule has 0 saturated heterocycles. The van der Waals surface area contributed by atoms with Gasteiger partial charge in [-0.25, -0.2) is 4.98 Å². The van der Waals surface area contributed by atoms with Gasteiger partial charge in [0.1, 0.15) is 10.8 Å². The number of rotatable bonds is 4. The van der Waals surface area contributed by atoms with Crippen molar-refractivity contribution in [2.45, 2.75) is 31.9 Å². The first-order valence-corrected chi connectivity index (χ1v) is 6.07. The Balaban J connectivity index is 2.09. The van der Waals surface area contributed by atoms with Gasteiger partial charge in [-0.15, -0.1) is 0 Å². The zero-order valence-electron chi connectivity index (χ0n) is 10.1. The second-order valence-corrected chi connectivity index (χ2v) is 4.82. The molecule has 1 aliphatic carbocycles. The third-order valence-corrected chi connectivity index (χ3v) is 3.29. The molecule has 0 atom stereocenters. The van der Waals surface area contributed by atoms with Crippen LogP contribution in [0, 0.1) is 6.92 Å². The van der Waals surface area contributed by atoms with Crippen molar-refractivity contribution >= 4 is 23.0 Å². The molecule has 0 bridgehead atoms. The summed E-state index contributed by atoms with van der Waals surface area (Å²) in [7, 11) is 1.74. The van der Waals surface area contributed by atoms with Gasteiger partial charge in [-0.05, 0) is 31.9 Å². The molecule has 0 aliphatic heterocycles. The summed E-state index contributed by atoms with van der Waals surface area (Å²) in [6.07, 6.45) is 2.37. The Bertz CT molecular complexity index is 430. The van der Waals surface area contributed by atoms with E-state index in [2.05, 4.69) is 10.3 Å². The lowest BCUT2D eigenvalue weighted by Crippen LogP contribution is -2.40. The van der Waals surface area contributed by atoms with Crippen LogP contribution < -0.4 is 11.1 Å². The zero-order chi connectivity index (χ0) is 12.4. The van der Waals surface area contributed by atoms with Crippen molar-refractivity contribution in [1.29, 1.82) is 0 Å². The van der Waals surface area contributed by atoms with Crippen LogP contribution in [0.25, 0.3) is 0 Å². The number of methoxy groups -OCH3 is 1. The summed E-state index contributed by atoms with van der Waals surface area (Å²) in [4.78, 5) is 4.83. The van der Waals surface area contributed by atoms with Crippen LogP contribution >= 0.6 is 12.2 Å². The third kappa shape index (κ3) is 2.73. The quantitative estimate of drug-likeness (QED) is 0.796. The van der Waals surface area contributed by atoms with E-state index in [1.807, 2.05) is 19.1 Å². The van der Waals surface area contributed by atoms with E-state index in [1.54, 1.807) is 7.11 Å². The molecule has 17 heavy (non-hydrogen) atoms. The van der Waals surface area contributed by atoms with E-state index >= 15 is 0 Å². The molecule has 1 fully saturated rings. The third-order valence-electron chi connectivity index (χ3n) is 3.07. The minimum Gasteiger partial charge on any atom is -0.389 e. The molecule has 3 N–H and O–H groups in total. The lowest BCUT2D eigenvalue weighted by atomic mass is 9.89. The number of nitrogens with one attached hydrogen (secondary N) is 1. The van der Waals surface area contributed by atoms with E-state index in [1.165, 1.54) is 0 Å². The smallest absolute Gasteiger partial charge is 0.136 e. The Morgan fingerprint density at radius 2 is 2.24 bits per heavy atom. The SMILES string of the molecule is COC1CC(Nc2nc(C)ccc2C(N)=S)C1. The molecule has 92 valence electrons. The van der Waals surface area contributed by atoms with Crippen LogP contribution in [-0.2, 0) is 4.74 Å². The maximum Gasteiger partial charge on any atom is 0.136 e. The van der Waals surface area contributed by atoms with Gasteiger partial charge in [-0.3, -0.25) is 0 Å². The molecular formula is C12H17N3OS. The van der Waals surface area contributed by atoms with E-state index < -0.39 is 0 Å². The van der Waals surface area contributed by atoms with Gasteiger partial charge < -0.3 is 15.8 Å². The summed E-state index contributed by atoms with van der Waals surface area (Å²) >= 11 is 5.02. The average Bonchev–Trinajstić information content (AvgIpc) is 2.22. The van der Waals surface area contributed by atoms with Crippen molar-refractivity contribution in [2.75, 3.05) is 12.4 Å². The van der Waals surface area contributed by atoms with Gasteiger partial charge in [0.05, 0.1) is 11.7 Å². The maximum absolute atomic E-state index is 5.68. The molecular weight excluding hydrogens is 234 g/mol. The summed E-state index contributed by atoms with van der Waals surface area (Å²) in [5.74, 6) is 0.789. The standard InChI is InChI=1S/C12H17N3OS/c1-7-3-4-10(11(13)17)12(14-7)15-8-5-9(6-8)16-2/h3-4,8-9H,5-6H2,1-2H3,(H2,13,17)(H,14,15). The summed E-state index contributed by atoms with van der Waals surface area (Å²) < 4.78 is 5.24. The van der Waals surface area contributed by atoms with Crippen molar-refractivity contribution < 1.29 is 4.74 Å². The summed E-state index contributed by atoms with van der Waals surface area (Å²) in [5, 5.41) is 3.37. The van der Waals surface area contributed by atoms with Crippen LogP contribution in [0.2, 0.25) is 0 Å². The first-order valence-electron chi connectivity index (χ1n) is 5.67. The summed E-state index contributed by atoms with van der Waals surface area (Å²) in [5.41, 5.74) is 7.45. The van der Waals surface area contributed by atoms with Gasteiger partial charge in [0.2, 0.25) is 0 Å². The van der Waals surface area contributed by atoms with Crippen molar-refractivity contribution in [1.82, 2.24) is 4.98 Å². The molecule has 0 spiro atoms. The molecule has 1 aromatic heterocycles. The fourth-order valence-corrected chi connectivity index (χ4v) is 2.10. The number of aryl methyl sites for hydroxylation is 1. The molecule has 1 saturated carbocycles. The molecule has 4 nitrogen and oxygen atoms in total. The number of pyridine rings is 1. The number of hydrogen-bond donors (Lipinski definition) is 2. The lowest BCUT2D eigenvalue weighted by Gasteiger charge is -2.35. The Labute approximate surface area is 107 Å². The van der Waals surface area contributed by atoms with E-state index in [0.717, 1.165) is 29.9 Å². The van der Waals surface area contributed by atoms with E-state index in [-0.39, 0.29) is 0 Å². The van der Waals surface area contributed by atoms with Gasteiger partial charge in [-0.1, -0.05) is 12.2 Å². The first kappa shape index (κ1) is 12.3. The van der Waals surface area contributed by atoms with Crippen molar-refractivity contribution in [3.63, 3.8) is 0 Å². The fourth-order valence-electron chi connectivity index (χ4n) is 1.93. The first-order chi connectivity index (χ1) is 8.10. The molecule has 0 radical (unpaired) electrons. The number of nitrogens with zero attached hydrogens (tertiary/aromatic N) is 1. The van der Waals surface area contributed by atoms with E-state index in [0.29, 0.717) is 17.1 Å². The van der Waals surface area contributed by atoms with Crippen LogP contribution in [0.5, 0.6) is 0 Å². The normalized spacial score (nSPS) is 22.9. The van der Waals surface area contributed by atoms with Crippen LogP contribution in [-0.4, -0.2) is 29.2 Å². The molecule has 2 rings (SSSR count). The Hall–Kier alpha value is -1.20. The number of ether oxygens (including phenoxy) is 1. The van der Waals surface area contributed by atoms with Gasteiger partial charge in [-0.2, -0.15) is 0 Å². The van der Waals surface area contributed by atoms with Crippen molar-refractivity contribution in [2.24, 2.45) is 5.73 Å². The Morgan fingerprint density at radius 3 is 2.82 bits per heavy atom. The second kappa shape index (κ2) is 4.98. The fraction of sp³-hybridized carbons (Fsp3) is 0.500. The molecule has 1 heterocycles. The molecule has 1 aromatic rings. The van der Waals surface area contributed by atoms with Gasteiger partial charge in [0, 0.05) is 18.8 Å². The summed E-state index contributed by atoms with van der Waals surface area (Å²) in [6, 6.07) is 4.24. The van der Waals surface area contributed by atoms with Crippen LogP contribution in [0.15, 0.2) is 12.1 Å². The van der Waals surface area contributed by atoms with Crippen molar-refractivity contribution in [3.8, 4) is 0 Å². The zero-order valence-corrected chi connectivity index (χ0v) is 10.9. The van der Waals surface area contributed by atoms with Crippen LogP contribution in [0.1, 0.15) is 24.1 Å². The van der Waals surface area contributed by atoms with Crippen LogP contribution in [0.3, 0.4) is 0 Å². The highest BCUT2D eigenvalue weighted by Crippen LogP contribution is 2.27. The Kier molecular flexibility index (Phi) is 3.59. The molecule has 0 amide bonds. The predicted molar refractivity (Wildman–Crippen MR) is 72.3 cm³/mol. The van der Waals surface area contributed by atoms with Crippen LogP contribution in [0.4, 0.5) is 5.82 Å². The van der Waals surface area contributed by atoms with Gasteiger partial charge in [0.25, 0.3) is 0 Å². The predicted octanol–water partition coefficient (Wildman–Crippen LogP) is 1.61. The highest BCUT2D eigenvalue weighted by Gasteiger charge is 2.29. The van der Waals surface area contributed by atoms with Gasteiger partial charge >= 0.3 is 0 Å². The monoisotopic (exact) mass is 251 g/mol. The topological polar surface area (TPSA) is 60.2 Å². The second-order valence-electron chi connectivity index (χ2n) is 4.38. The molecule has 0 unspecified atom stereocenters. The molecule has 5 heteroatoms. The Morgan fingerprint density at radius 1 is 1.53 bits per heavy atom. The highest BCUT2D eigenvalue weighted by atomic mass is 32.1. The highest BCUT2D eigenvalue weighted by molar-refractivity contribution is 7.80. The lowest BCUT2D eigenvalue weighted by molar-refractivity contribution is 0.0328. The van der Waals surface area contributed by atoms with E-state index in [9.17, 15) is 0 Å². The number of anilines is 1. The summed E-state index contributed by atoms with van der Waals surface area (Å²) in [6.45, 7) is 1.95. The molecule has 1 aliphatic rings. The minimum absolute atomic E-state index is 0.366. The van der Waals surface area contributed by atoms with Crippen molar-refractivity contribution in [3.05, 3.63) is 23.4 Å². The number of hydrogen-bond acceptors (Lipinski definition) is 4. The van der Waals surface area contributed by atoms with E-state index in [4.69, 9.17) is 22.7 Å². The number of aromatic nitrogens is 1. The number of thiocarbonyl (C=S) groups is 1. The maximum atomic E-state index is 5.68. The minimum atomic E-state index is 0.366.